The monoisotopic (exact) mass is 211 g/mol. The Morgan fingerprint density at radius 1 is 1.67 bits per heavy atom. The van der Waals surface area contributed by atoms with Crippen LogP contribution in [0.15, 0.2) is 16.8 Å². The molecule has 0 saturated carbocycles. The number of amides is 1. The Bertz CT molecular complexity index is 285. The molecule has 84 valence electrons. The predicted octanol–water partition coefficient (Wildman–Crippen LogP) is 0.679. The van der Waals surface area contributed by atoms with Crippen LogP contribution in [0.2, 0.25) is 0 Å². The highest BCUT2D eigenvalue weighted by atomic mass is 16.5. The number of nitrogens with one attached hydrogen (secondary N) is 2. The summed E-state index contributed by atoms with van der Waals surface area (Å²) in [5.41, 5.74) is 0. The van der Waals surface area contributed by atoms with Crippen molar-refractivity contribution in [3.8, 4) is 0 Å². The van der Waals surface area contributed by atoms with Gasteiger partial charge in [-0.15, -0.1) is 0 Å². The molecule has 0 radical (unpaired) electrons. The lowest BCUT2D eigenvalue weighted by atomic mass is 10.3. The lowest BCUT2D eigenvalue weighted by Gasteiger charge is -2.12. The zero-order valence-electron chi connectivity index (χ0n) is 9.12. The normalized spacial score (nSPS) is 12.4. The van der Waals surface area contributed by atoms with Gasteiger partial charge in [-0.05, 0) is 13.3 Å². The van der Waals surface area contributed by atoms with Crippen molar-refractivity contribution in [2.24, 2.45) is 0 Å². The third-order valence-corrected chi connectivity index (χ3v) is 2.02. The summed E-state index contributed by atoms with van der Waals surface area (Å²) >= 11 is 0. The van der Waals surface area contributed by atoms with Gasteiger partial charge >= 0.3 is 0 Å². The van der Waals surface area contributed by atoms with Crippen LogP contribution in [0.5, 0.6) is 0 Å². The summed E-state index contributed by atoms with van der Waals surface area (Å²) in [6.45, 7) is 5.07. The van der Waals surface area contributed by atoms with Gasteiger partial charge in [-0.2, -0.15) is 0 Å². The van der Waals surface area contributed by atoms with E-state index in [9.17, 15) is 4.79 Å². The molecule has 0 aliphatic carbocycles. The van der Waals surface area contributed by atoms with Crippen molar-refractivity contribution < 1.29 is 9.32 Å². The number of carbonyl (C=O) groups excluding carboxylic acids is 1. The molecule has 1 heterocycles. The van der Waals surface area contributed by atoms with Gasteiger partial charge < -0.3 is 9.84 Å². The summed E-state index contributed by atoms with van der Waals surface area (Å²) in [5, 5.41) is 9.44. The minimum absolute atomic E-state index is 0.0105. The molecule has 1 aromatic rings. The van der Waals surface area contributed by atoms with E-state index in [0.717, 1.165) is 12.2 Å². The van der Waals surface area contributed by atoms with Crippen LogP contribution in [-0.2, 0) is 11.3 Å². The minimum atomic E-state index is -0.221. The lowest BCUT2D eigenvalue weighted by Crippen LogP contribution is -2.41. The Balaban J connectivity index is 2.23. The van der Waals surface area contributed by atoms with Crippen molar-refractivity contribution in [2.75, 3.05) is 6.54 Å². The fourth-order valence-electron chi connectivity index (χ4n) is 1.08. The van der Waals surface area contributed by atoms with Crippen LogP contribution in [0.3, 0.4) is 0 Å². The fraction of sp³-hybridized carbons (Fsp3) is 0.600. The zero-order valence-corrected chi connectivity index (χ0v) is 9.12. The van der Waals surface area contributed by atoms with Crippen LogP contribution in [0.4, 0.5) is 0 Å². The van der Waals surface area contributed by atoms with E-state index in [2.05, 4.69) is 15.8 Å². The summed E-state index contributed by atoms with van der Waals surface area (Å²) in [6.07, 6.45) is 2.53. The van der Waals surface area contributed by atoms with Crippen molar-refractivity contribution in [3.05, 3.63) is 18.0 Å². The molecule has 5 heteroatoms. The maximum absolute atomic E-state index is 11.4. The number of rotatable bonds is 6. The quantitative estimate of drug-likeness (QED) is 0.726. The van der Waals surface area contributed by atoms with Crippen LogP contribution >= 0.6 is 0 Å². The molecule has 5 nitrogen and oxygen atoms in total. The van der Waals surface area contributed by atoms with E-state index in [-0.39, 0.29) is 11.9 Å². The third kappa shape index (κ3) is 4.12. The second kappa shape index (κ2) is 6.19. The molecule has 1 unspecified atom stereocenters. The molecule has 15 heavy (non-hydrogen) atoms. The van der Waals surface area contributed by atoms with Gasteiger partial charge in [0, 0.05) is 12.6 Å². The summed E-state index contributed by atoms with van der Waals surface area (Å²) < 4.78 is 4.90. The highest BCUT2D eigenvalue weighted by Gasteiger charge is 2.11. The Kier molecular flexibility index (Phi) is 4.83. The molecule has 0 saturated heterocycles. The maximum atomic E-state index is 11.4. The average molecular weight is 211 g/mol. The first kappa shape index (κ1) is 11.7. The minimum Gasteiger partial charge on any atom is -0.360 e. The number of nitrogens with zero attached hydrogens (tertiary/aromatic N) is 1. The lowest BCUT2D eigenvalue weighted by molar-refractivity contribution is -0.122. The van der Waals surface area contributed by atoms with E-state index in [1.54, 1.807) is 12.3 Å². The van der Waals surface area contributed by atoms with Crippen molar-refractivity contribution in [3.63, 3.8) is 0 Å². The van der Waals surface area contributed by atoms with Crippen molar-refractivity contribution in [2.45, 2.75) is 32.9 Å². The largest absolute Gasteiger partial charge is 0.360 e. The van der Waals surface area contributed by atoms with E-state index in [4.69, 9.17) is 4.52 Å². The first-order valence-electron chi connectivity index (χ1n) is 5.14. The van der Waals surface area contributed by atoms with Gasteiger partial charge in [-0.3, -0.25) is 10.1 Å². The van der Waals surface area contributed by atoms with E-state index in [1.807, 2.05) is 13.8 Å². The SMILES string of the molecule is CCCNC(=O)C(C)NCc1ccno1. The van der Waals surface area contributed by atoms with Crippen LogP contribution < -0.4 is 10.6 Å². The fourth-order valence-corrected chi connectivity index (χ4v) is 1.08. The second-order valence-electron chi connectivity index (χ2n) is 3.37. The van der Waals surface area contributed by atoms with Gasteiger partial charge in [0.05, 0.1) is 18.8 Å². The number of aromatic nitrogens is 1. The third-order valence-electron chi connectivity index (χ3n) is 2.02. The van der Waals surface area contributed by atoms with E-state index >= 15 is 0 Å². The van der Waals surface area contributed by atoms with Gasteiger partial charge in [0.2, 0.25) is 5.91 Å². The molecule has 1 amide bonds. The maximum Gasteiger partial charge on any atom is 0.236 e. The number of hydrogen-bond acceptors (Lipinski definition) is 4. The highest BCUT2D eigenvalue weighted by Crippen LogP contribution is 1.96. The molecule has 1 atom stereocenters. The summed E-state index contributed by atoms with van der Waals surface area (Å²) in [4.78, 5) is 11.4. The van der Waals surface area contributed by atoms with E-state index in [0.29, 0.717) is 13.1 Å². The van der Waals surface area contributed by atoms with Crippen molar-refractivity contribution >= 4 is 5.91 Å². The van der Waals surface area contributed by atoms with Crippen molar-refractivity contribution in [1.82, 2.24) is 15.8 Å². The van der Waals surface area contributed by atoms with E-state index in [1.165, 1.54) is 0 Å². The number of hydrogen-bond donors (Lipinski definition) is 2. The van der Waals surface area contributed by atoms with Crippen LogP contribution in [0, 0.1) is 0 Å². The van der Waals surface area contributed by atoms with Crippen LogP contribution in [0.1, 0.15) is 26.0 Å². The predicted molar refractivity (Wildman–Crippen MR) is 56.1 cm³/mol. The molecule has 1 rings (SSSR count). The first-order valence-corrected chi connectivity index (χ1v) is 5.14. The smallest absolute Gasteiger partial charge is 0.236 e. The molecule has 0 aromatic carbocycles. The molecule has 0 aliphatic heterocycles. The van der Waals surface area contributed by atoms with Gasteiger partial charge in [-0.1, -0.05) is 12.1 Å². The van der Waals surface area contributed by atoms with Crippen molar-refractivity contribution in [1.29, 1.82) is 0 Å². The van der Waals surface area contributed by atoms with Crippen LogP contribution in [0.25, 0.3) is 0 Å². The molecule has 1 aromatic heterocycles. The van der Waals surface area contributed by atoms with Gasteiger partial charge in [0.15, 0.2) is 0 Å². The topological polar surface area (TPSA) is 67.2 Å². The standard InChI is InChI=1S/C10H17N3O2/c1-3-5-11-10(14)8(2)12-7-9-4-6-13-15-9/h4,6,8,12H,3,5,7H2,1-2H3,(H,11,14). The van der Waals surface area contributed by atoms with E-state index < -0.39 is 0 Å². The molecular weight excluding hydrogens is 194 g/mol. The first-order chi connectivity index (χ1) is 7.24. The molecule has 0 bridgehead atoms. The molecule has 0 aliphatic rings. The summed E-state index contributed by atoms with van der Waals surface area (Å²) in [7, 11) is 0. The molecule has 2 N–H and O–H groups in total. The number of carbonyl (C=O) groups is 1. The Morgan fingerprint density at radius 2 is 2.47 bits per heavy atom. The summed E-state index contributed by atoms with van der Waals surface area (Å²) in [5.74, 6) is 0.738. The molecule has 0 spiro atoms. The zero-order chi connectivity index (χ0) is 11.1. The van der Waals surface area contributed by atoms with Crippen LogP contribution in [-0.4, -0.2) is 23.7 Å². The van der Waals surface area contributed by atoms with Gasteiger partial charge in [0.25, 0.3) is 0 Å². The molecular formula is C10H17N3O2. The second-order valence-corrected chi connectivity index (χ2v) is 3.37. The Morgan fingerprint density at radius 3 is 3.07 bits per heavy atom. The average Bonchev–Trinajstić information content (AvgIpc) is 2.75. The summed E-state index contributed by atoms with van der Waals surface area (Å²) in [6, 6.07) is 1.55. The Hall–Kier alpha value is -1.36. The highest BCUT2D eigenvalue weighted by molar-refractivity contribution is 5.81. The molecule has 0 fully saturated rings. The van der Waals surface area contributed by atoms with Gasteiger partial charge in [-0.25, -0.2) is 0 Å². The van der Waals surface area contributed by atoms with Gasteiger partial charge in [0.1, 0.15) is 5.76 Å². The Labute approximate surface area is 89.2 Å².